The van der Waals surface area contributed by atoms with E-state index in [1.54, 1.807) is 30.3 Å². The molecule has 1 saturated heterocycles. The van der Waals surface area contributed by atoms with Crippen molar-refractivity contribution in [1.82, 2.24) is 4.90 Å². The van der Waals surface area contributed by atoms with Gasteiger partial charge < -0.3 is 13.7 Å². The Hall–Kier alpha value is -2.51. The van der Waals surface area contributed by atoms with Crippen molar-refractivity contribution in [2.24, 2.45) is 0 Å². The Morgan fingerprint density at radius 2 is 2.04 bits per heavy atom. The third-order valence-electron chi connectivity index (χ3n) is 4.74. The van der Waals surface area contributed by atoms with Crippen LogP contribution >= 0.6 is 11.6 Å². The Balaban J connectivity index is 1.60. The zero-order valence-electron chi connectivity index (χ0n) is 14.9. The number of nitrogens with zero attached hydrogens (tertiary/aromatic N) is 1. The highest BCUT2D eigenvalue weighted by Gasteiger charge is 2.36. The maximum atomic E-state index is 12.9. The number of benzene rings is 1. The van der Waals surface area contributed by atoms with E-state index in [0.717, 1.165) is 5.56 Å². The van der Waals surface area contributed by atoms with E-state index in [9.17, 15) is 13.2 Å². The highest BCUT2D eigenvalue weighted by molar-refractivity contribution is 7.91. The lowest BCUT2D eigenvalue weighted by atomic mass is 10.2. The van der Waals surface area contributed by atoms with Crippen LogP contribution in [0.15, 0.2) is 63.6 Å². The first kappa shape index (κ1) is 18.8. The molecule has 3 heterocycles. The lowest BCUT2D eigenvalue weighted by Gasteiger charge is -2.26. The van der Waals surface area contributed by atoms with Gasteiger partial charge in [0.05, 0.1) is 24.3 Å². The molecular formula is C20H18ClNO5S. The van der Waals surface area contributed by atoms with Gasteiger partial charge in [-0.05, 0) is 42.8 Å². The Bertz CT molecular complexity index is 1090. The molecule has 1 aliphatic heterocycles. The molecule has 1 aromatic carbocycles. The number of halogens is 1. The summed E-state index contributed by atoms with van der Waals surface area (Å²) in [5.74, 6) is 1.02. The minimum Gasteiger partial charge on any atom is -0.459 e. The van der Waals surface area contributed by atoms with Crippen LogP contribution in [-0.4, -0.2) is 36.8 Å². The van der Waals surface area contributed by atoms with E-state index in [1.165, 1.54) is 11.2 Å². The van der Waals surface area contributed by atoms with Gasteiger partial charge in [0, 0.05) is 16.6 Å². The van der Waals surface area contributed by atoms with Gasteiger partial charge in [0.1, 0.15) is 11.5 Å². The fourth-order valence-electron chi connectivity index (χ4n) is 3.36. The number of hydrogen-bond acceptors (Lipinski definition) is 5. The second-order valence-corrected chi connectivity index (χ2v) is 9.41. The summed E-state index contributed by atoms with van der Waals surface area (Å²) in [5, 5.41) is 0.598. The van der Waals surface area contributed by atoms with Crippen molar-refractivity contribution in [1.29, 1.82) is 0 Å². The van der Waals surface area contributed by atoms with Crippen LogP contribution < -0.4 is 0 Å². The van der Waals surface area contributed by atoms with Gasteiger partial charge in [0.15, 0.2) is 15.6 Å². The molecule has 6 nitrogen and oxygen atoms in total. The van der Waals surface area contributed by atoms with Gasteiger partial charge in [0.2, 0.25) is 0 Å². The summed E-state index contributed by atoms with van der Waals surface area (Å²) in [7, 11) is -3.15. The highest BCUT2D eigenvalue weighted by atomic mass is 35.5. The molecule has 2 aromatic heterocycles. The Morgan fingerprint density at radius 1 is 1.18 bits per heavy atom. The number of amides is 1. The van der Waals surface area contributed by atoms with Gasteiger partial charge >= 0.3 is 0 Å². The maximum Gasteiger partial charge on any atom is 0.290 e. The van der Waals surface area contributed by atoms with Gasteiger partial charge in [-0.15, -0.1) is 0 Å². The topological polar surface area (TPSA) is 80.7 Å². The summed E-state index contributed by atoms with van der Waals surface area (Å²) >= 11 is 6.04. The molecule has 146 valence electrons. The molecule has 0 N–H and O–H groups in total. The molecule has 1 aliphatic rings. The third-order valence-corrected chi connectivity index (χ3v) is 6.72. The highest BCUT2D eigenvalue weighted by Crippen LogP contribution is 2.27. The quantitative estimate of drug-likeness (QED) is 0.623. The first-order valence-corrected chi connectivity index (χ1v) is 11.0. The van der Waals surface area contributed by atoms with E-state index in [1.807, 2.05) is 18.2 Å². The molecule has 3 aromatic rings. The summed E-state index contributed by atoms with van der Waals surface area (Å²) in [5.41, 5.74) is 0.825. The molecule has 4 rings (SSSR count). The second-order valence-electron chi connectivity index (χ2n) is 6.74. The molecule has 1 amide bonds. The van der Waals surface area contributed by atoms with Gasteiger partial charge in [0.25, 0.3) is 5.91 Å². The molecule has 0 spiro atoms. The summed E-state index contributed by atoms with van der Waals surface area (Å²) in [4.78, 5) is 14.4. The minimum atomic E-state index is -3.15. The standard InChI is InChI=1S/C20H18ClNO5S/c21-15-4-1-3-14(11-15)18-7-6-17(27-18)12-22(16-8-10-28(24,25)13-16)20(23)19-5-2-9-26-19/h1-7,9,11,16H,8,10,12-13H2. The minimum absolute atomic E-state index is 0.0543. The van der Waals surface area contributed by atoms with Crippen molar-refractivity contribution in [3.8, 4) is 11.3 Å². The number of hydrogen-bond donors (Lipinski definition) is 0. The smallest absolute Gasteiger partial charge is 0.290 e. The van der Waals surface area contributed by atoms with Crippen LogP contribution in [-0.2, 0) is 16.4 Å². The number of carbonyl (C=O) groups is 1. The first-order chi connectivity index (χ1) is 13.4. The lowest BCUT2D eigenvalue weighted by Crippen LogP contribution is -2.40. The molecule has 0 saturated carbocycles. The molecule has 0 aliphatic carbocycles. The SMILES string of the molecule is O=C(c1ccco1)N(Cc1ccc(-c2cccc(Cl)c2)o1)C1CCS(=O)(=O)C1. The number of rotatable bonds is 5. The normalized spacial score (nSPS) is 18.2. The molecule has 0 radical (unpaired) electrons. The van der Waals surface area contributed by atoms with E-state index in [0.29, 0.717) is 23.0 Å². The summed E-state index contributed by atoms with van der Waals surface area (Å²) < 4.78 is 35.0. The van der Waals surface area contributed by atoms with Crippen LogP contribution in [0.25, 0.3) is 11.3 Å². The molecule has 0 bridgehead atoms. The van der Waals surface area contributed by atoms with E-state index >= 15 is 0 Å². The predicted octanol–water partition coefficient (Wildman–Crippen LogP) is 4.02. The second kappa shape index (κ2) is 7.48. The van der Waals surface area contributed by atoms with Crippen molar-refractivity contribution in [3.05, 3.63) is 71.3 Å². The lowest BCUT2D eigenvalue weighted by molar-refractivity contribution is 0.0634. The zero-order chi connectivity index (χ0) is 19.7. The van der Waals surface area contributed by atoms with Crippen LogP contribution in [0.4, 0.5) is 0 Å². The fraction of sp³-hybridized carbons (Fsp3) is 0.250. The van der Waals surface area contributed by atoms with Crippen LogP contribution in [0.2, 0.25) is 5.02 Å². The Labute approximate surface area is 167 Å². The maximum absolute atomic E-state index is 12.9. The monoisotopic (exact) mass is 419 g/mol. The van der Waals surface area contributed by atoms with Crippen LogP contribution in [0.3, 0.4) is 0 Å². The van der Waals surface area contributed by atoms with Crippen molar-refractivity contribution in [2.75, 3.05) is 11.5 Å². The van der Waals surface area contributed by atoms with E-state index in [4.69, 9.17) is 20.4 Å². The zero-order valence-corrected chi connectivity index (χ0v) is 16.4. The molecular weight excluding hydrogens is 402 g/mol. The van der Waals surface area contributed by atoms with Crippen molar-refractivity contribution in [3.63, 3.8) is 0 Å². The summed E-state index contributed by atoms with van der Waals surface area (Å²) in [6.07, 6.45) is 1.82. The van der Waals surface area contributed by atoms with E-state index < -0.39 is 15.9 Å². The van der Waals surface area contributed by atoms with Crippen LogP contribution in [0.5, 0.6) is 0 Å². The number of sulfone groups is 1. The number of carbonyl (C=O) groups excluding carboxylic acids is 1. The van der Waals surface area contributed by atoms with Crippen LogP contribution in [0, 0.1) is 0 Å². The summed E-state index contributed by atoms with van der Waals surface area (Å²) in [6, 6.07) is 13.6. The van der Waals surface area contributed by atoms with Crippen molar-refractivity contribution in [2.45, 2.75) is 19.0 Å². The molecule has 1 atom stereocenters. The molecule has 1 unspecified atom stereocenters. The average Bonchev–Trinajstić information content (AvgIpc) is 3.40. The third kappa shape index (κ3) is 4.00. The Morgan fingerprint density at radius 3 is 2.71 bits per heavy atom. The first-order valence-electron chi connectivity index (χ1n) is 8.81. The Kier molecular flexibility index (Phi) is 5.03. The van der Waals surface area contributed by atoms with E-state index in [2.05, 4.69) is 0 Å². The molecule has 28 heavy (non-hydrogen) atoms. The van der Waals surface area contributed by atoms with Crippen molar-refractivity contribution < 1.29 is 22.0 Å². The van der Waals surface area contributed by atoms with Gasteiger partial charge in [-0.25, -0.2) is 8.42 Å². The average molecular weight is 420 g/mol. The van der Waals surface area contributed by atoms with Gasteiger partial charge in [-0.2, -0.15) is 0 Å². The fourth-order valence-corrected chi connectivity index (χ4v) is 5.28. The largest absolute Gasteiger partial charge is 0.459 e. The molecule has 1 fully saturated rings. The molecule has 8 heteroatoms. The van der Waals surface area contributed by atoms with Crippen LogP contribution in [0.1, 0.15) is 22.7 Å². The van der Waals surface area contributed by atoms with E-state index in [-0.39, 0.29) is 29.7 Å². The van der Waals surface area contributed by atoms with Gasteiger partial charge in [-0.3, -0.25) is 4.79 Å². The summed E-state index contributed by atoms with van der Waals surface area (Å²) in [6.45, 7) is 0.153. The number of furan rings is 2. The van der Waals surface area contributed by atoms with Gasteiger partial charge in [-0.1, -0.05) is 23.7 Å². The van der Waals surface area contributed by atoms with Crippen molar-refractivity contribution >= 4 is 27.3 Å². The predicted molar refractivity (Wildman–Crippen MR) is 105 cm³/mol.